The minimum atomic E-state index is 0.322. The number of nitrogens with one attached hydrogen (secondary N) is 1. The number of hydrogen-bond donors (Lipinski definition) is 1. The second-order valence-electron chi connectivity index (χ2n) is 5.12. The van der Waals surface area contributed by atoms with E-state index in [2.05, 4.69) is 17.1 Å². The maximum absolute atomic E-state index is 12.4. The fourth-order valence-corrected chi connectivity index (χ4v) is 2.85. The molecule has 3 nitrogen and oxygen atoms in total. The summed E-state index contributed by atoms with van der Waals surface area (Å²) in [6.45, 7) is 4.97. The molecule has 1 heterocycles. The van der Waals surface area contributed by atoms with Crippen molar-refractivity contribution in [3.05, 3.63) is 0 Å². The Kier molecular flexibility index (Phi) is 4.22. The second kappa shape index (κ2) is 5.67. The SMILES string of the molecule is CCN(C(=O)C1CCCCCC1)C1CNC1. The molecular weight excluding hydrogens is 200 g/mol. The highest BCUT2D eigenvalue weighted by molar-refractivity contribution is 5.79. The van der Waals surface area contributed by atoms with Crippen molar-refractivity contribution >= 4 is 5.91 Å². The average Bonchev–Trinajstić information content (AvgIpc) is 2.50. The summed E-state index contributed by atoms with van der Waals surface area (Å²) in [6, 6.07) is 0.473. The molecule has 0 unspecified atom stereocenters. The Balaban J connectivity index is 1.92. The van der Waals surface area contributed by atoms with Crippen LogP contribution in [0.25, 0.3) is 0 Å². The minimum absolute atomic E-state index is 0.322. The van der Waals surface area contributed by atoms with Crippen molar-refractivity contribution in [3.63, 3.8) is 0 Å². The summed E-state index contributed by atoms with van der Waals surface area (Å²) in [4.78, 5) is 14.5. The van der Waals surface area contributed by atoms with Crippen LogP contribution in [0.1, 0.15) is 45.4 Å². The van der Waals surface area contributed by atoms with Crippen LogP contribution in [0.3, 0.4) is 0 Å². The molecule has 3 heteroatoms. The van der Waals surface area contributed by atoms with Crippen molar-refractivity contribution in [3.8, 4) is 0 Å². The zero-order valence-corrected chi connectivity index (χ0v) is 10.4. The minimum Gasteiger partial charge on any atom is -0.337 e. The number of likely N-dealkylation sites (N-methyl/N-ethyl adjacent to an activating group) is 1. The molecule has 0 aromatic rings. The van der Waals surface area contributed by atoms with Gasteiger partial charge in [0.2, 0.25) is 5.91 Å². The van der Waals surface area contributed by atoms with E-state index >= 15 is 0 Å². The van der Waals surface area contributed by atoms with Crippen molar-refractivity contribution < 1.29 is 4.79 Å². The number of amides is 1. The largest absolute Gasteiger partial charge is 0.337 e. The molecule has 2 rings (SSSR count). The van der Waals surface area contributed by atoms with Crippen molar-refractivity contribution in [1.82, 2.24) is 10.2 Å². The Morgan fingerprint density at radius 1 is 1.19 bits per heavy atom. The summed E-state index contributed by atoms with van der Waals surface area (Å²) >= 11 is 0. The van der Waals surface area contributed by atoms with E-state index in [1.165, 1.54) is 25.7 Å². The van der Waals surface area contributed by atoms with Crippen molar-refractivity contribution in [2.24, 2.45) is 5.92 Å². The van der Waals surface area contributed by atoms with E-state index in [9.17, 15) is 4.79 Å². The van der Waals surface area contributed by atoms with Gasteiger partial charge in [0.05, 0.1) is 6.04 Å². The van der Waals surface area contributed by atoms with E-state index in [1.54, 1.807) is 0 Å². The van der Waals surface area contributed by atoms with Crippen molar-refractivity contribution in [2.75, 3.05) is 19.6 Å². The van der Waals surface area contributed by atoms with E-state index in [4.69, 9.17) is 0 Å². The Bertz CT molecular complexity index is 230. The molecule has 16 heavy (non-hydrogen) atoms. The Hall–Kier alpha value is -0.570. The summed E-state index contributed by atoms with van der Waals surface area (Å²) in [6.07, 6.45) is 7.38. The van der Waals surface area contributed by atoms with Gasteiger partial charge >= 0.3 is 0 Å². The molecule has 0 aromatic heterocycles. The van der Waals surface area contributed by atoms with Crippen LogP contribution in [0.5, 0.6) is 0 Å². The van der Waals surface area contributed by atoms with Crippen LogP contribution in [0.4, 0.5) is 0 Å². The third kappa shape index (κ3) is 2.57. The monoisotopic (exact) mass is 224 g/mol. The Labute approximate surface area is 98.6 Å². The third-order valence-electron chi connectivity index (χ3n) is 4.03. The molecule has 0 radical (unpaired) electrons. The lowest BCUT2D eigenvalue weighted by atomic mass is 9.97. The highest BCUT2D eigenvalue weighted by atomic mass is 16.2. The smallest absolute Gasteiger partial charge is 0.226 e. The summed E-state index contributed by atoms with van der Waals surface area (Å²) < 4.78 is 0. The number of hydrogen-bond acceptors (Lipinski definition) is 2. The molecule has 1 saturated heterocycles. The van der Waals surface area contributed by atoms with Gasteiger partial charge in [-0.2, -0.15) is 0 Å². The molecule has 0 bridgehead atoms. The van der Waals surface area contributed by atoms with Crippen LogP contribution in [0.15, 0.2) is 0 Å². The van der Waals surface area contributed by atoms with Crippen LogP contribution >= 0.6 is 0 Å². The van der Waals surface area contributed by atoms with Gasteiger partial charge in [-0.15, -0.1) is 0 Å². The third-order valence-corrected chi connectivity index (χ3v) is 4.03. The van der Waals surface area contributed by atoms with E-state index in [1.807, 2.05) is 0 Å². The van der Waals surface area contributed by atoms with E-state index in [-0.39, 0.29) is 0 Å². The lowest BCUT2D eigenvalue weighted by Gasteiger charge is -2.39. The zero-order valence-electron chi connectivity index (χ0n) is 10.4. The van der Waals surface area contributed by atoms with Gasteiger partial charge in [0.1, 0.15) is 0 Å². The van der Waals surface area contributed by atoms with Crippen LogP contribution in [-0.4, -0.2) is 36.5 Å². The van der Waals surface area contributed by atoms with Crippen molar-refractivity contribution in [1.29, 1.82) is 0 Å². The van der Waals surface area contributed by atoms with E-state index in [0.717, 1.165) is 32.5 Å². The highest BCUT2D eigenvalue weighted by Crippen LogP contribution is 2.25. The highest BCUT2D eigenvalue weighted by Gasteiger charge is 2.31. The predicted molar refractivity (Wildman–Crippen MR) is 65.2 cm³/mol. The van der Waals surface area contributed by atoms with Gasteiger partial charge in [0, 0.05) is 25.6 Å². The maximum atomic E-state index is 12.4. The predicted octanol–water partition coefficient (Wildman–Crippen LogP) is 1.78. The Morgan fingerprint density at radius 2 is 1.81 bits per heavy atom. The van der Waals surface area contributed by atoms with Crippen LogP contribution < -0.4 is 5.32 Å². The number of nitrogens with zero attached hydrogens (tertiary/aromatic N) is 1. The zero-order chi connectivity index (χ0) is 11.4. The van der Waals surface area contributed by atoms with Gasteiger partial charge in [0.25, 0.3) is 0 Å². The van der Waals surface area contributed by atoms with E-state index in [0.29, 0.717) is 17.9 Å². The number of carbonyl (C=O) groups excluding carboxylic acids is 1. The first-order chi connectivity index (χ1) is 7.83. The molecule has 0 atom stereocenters. The molecule has 1 aliphatic carbocycles. The summed E-state index contributed by atoms with van der Waals surface area (Å²) in [5, 5.41) is 3.25. The molecule has 0 aromatic carbocycles. The molecule has 0 spiro atoms. The first kappa shape index (κ1) is 11.9. The summed E-state index contributed by atoms with van der Waals surface area (Å²) in [5.74, 6) is 0.749. The standard InChI is InChI=1S/C13H24N2O/c1-2-15(12-9-14-10-12)13(16)11-7-5-3-4-6-8-11/h11-12,14H,2-10H2,1H3. The van der Waals surface area contributed by atoms with Gasteiger partial charge < -0.3 is 10.2 Å². The van der Waals surface area contributed by atoms with Gasteiger partial charge in [-0.1, -0.05) is 25.7 Å². The topological polar surface area (TPSA) is 32.3 Å². The second-order valence-corrected chi connectivity index (χ2v) is 5.12. The van der Waals surface area contributed by atoms with Crippen LogP contribution in [0.2, 0.25) is 0 Å². The molecule has 92 valence electrons. The molecule has 1 N–H and O–H groups in total. The first-order valence-corrected chi connectivity index (χ1v) is 6.84. The van der Waals surface area contributed by atoms with Crippen LogP contribution in [0, 0.1) is 5.92 Å². The molecule has 1 amide bonds. The van der Waals surface area contributed by atoms with Gasteiger partial charge in [-0.05, 0) is 19.8 Å². The van der Waals surface area contributed by atoms with Crippen molar-refractivity contribution in [2.45, 2.75) is 51.5 Å². The molecule has 2 fully saturated rings. The quantitative estimate of drug-likeness (QED) is 0.741. The van der Waals surface area contributed by atoms with E-state index < -0.39 is 0 Å². The van der Waals surface area contributed by atoms with Gasteiger partial charge in [0.15, 0.2) is 0 Å². The normalized spacial score (nSPS) is 23.6. The lowest BCUT2D eigenvalue weighted by molar-refractivity contribution is -0.139. The van der Waals surface area contributed by atoms with Gasteiger partial charge in [-0.3, -0.25) is 4.79 Å². The average molecular weight is 224 g/mol. The Morgan fingerprint density at radius 3 is 2.25 bits per heavy atom. The first-order valence-electron chi connectivity index (χ1n) is 6.84. The number of rotatable bonds is 3. The fraction of sp³-hybridized carbons (Fsp3) is 0.923. The molecular formula is C13H24N2O. The molecule has 1 aliphatic heterocycles. The fourth-order valence-electron chi connectivity index (χ4n) is 2.85. The van der Waals surface area contributed by atoms with Crippen LogP contribution in [-0.2, 0) is 4.79 Å². The lowest BCUT2D eigenvalue weighted by Crippen LogP contribution is -2.59. The maximum Gasteiger partial charge on any atom is 0.226 e. The van der Waals surface area contributed by atoms with Gasteiger partial charge in [-0.25, -0.2) is 0 Å². The molecule has 2 aliphatic rings. The number of carbonyl (C=O) groups is 1. The summed E-state index contributed by atoms with van der Waals surface area (Å²) in [5.41, 5.74) is 0. The summed E-state index contributed by atoms with van der Waals surface area (Å²) in [7, 11) is 0. The molecule has 1 saturated carbocycles.